The lowest BCUT2D eigenvalue weighted by Crippen LogP contribution is -2.46. The maximum atomic E-state index is 12.9. The molecule has 40 heavy (non-hydrogen) atoms. The van der Waals surface area contributed by atoms with E-state index in [-0.39, 0.29) is 25.2 Å². The maximum Gasteiger partial charge on any atom is 0.500 e. The van der Waals surface area contributed by atoms with Crippen molar-refractivity contribution < 1.29 is 41.6 Å². The van der Waals surface area contributed by atoms with E-state index in [9.17, 15) is 15.0 Å². The standard InChI is InChI=1S/C27H60N2O9Si2/c1-7-33-39(34-8-2,35-9-3)24-14-16-26(17-15-25-40(36-10-4,37-11-5)38-12-6)28-27(32)18-13-19-29(20-22-30)21-23-31/h26,30-31H,7-25H2,1-6H3,(H,28,32). The van der Waals surface area contributed by atoms with E-state index in [4.69, 9.17) is 26.6 Å². The lowest BCUT2D eigenvalue weighted by Gasteiger charge is -2.30. The first kappa shape index (κ1) is 39.5. The van der Waals surface area contributed by atoms with Crippen molar-refractivity contribution in [1.82, 2.24) is 10.2 Å². The molecule has 0 aromatic carbocycles. The number of aliphatic hydroxyl groups is 2. The Labute approximate surface area is 245 Å². The van der Waals surface area contributed by atoms with Gasteiger partial charge in [0, 0.05) is 77.3 Å². The van der Waals surface area contributed by atoms with Gasteiger partial charge in [0.05, 0.1) is 13.2 Å². The molecular formula is C27H60N2O9Si2. The fourth-order valence-corrected chi connectivity index (χ4v) is 10.1. The van der Waals surface area contributed by atoms with Crippen LogP contribution in [0.4, 0.5) is 0 Å². The average molecular weight is 613 g/mol. The summed E-state index contributed by atoms with van der Waals surface area (Å²) in [6.07, 6.45) is 4.21. The smallest absolute Gasteiger partial charge is 0.395 e. The first-order chi connectivity index (χ1) is 19.3. The Kier molecular flexibility index (Phi) is 24.8. The summed E-state index contributed by atoms with van der Waals surface area (Å²) in [7, 11) is -5.51. The number of carbonyl (C=O) groups is 1. The highest BCUT2D eigenvalue weighted by Crippen LogP contribution is 2.24. The molecule has 0 aliphatic carbocycles. The molecule has 0 atom stereocenters. The zero-order valence-electron chi connectivity index (χ0n) is 26.2. The summed E-state index contributed by atoms with van der Waals surface area (Å²) in [5, 5.41) is 21.7. The molecule has 0 radical (unpaired) electrons. The Balaban J connectivity index is 5.31. The number of hydrogen-bond donors (Lipinski definition) is 3. The highest BCUT2D eigenvalue weighted by atomic mass is 28.4. The van der Waals surface area contributed by atoms with E-state index < -0.39 is 17.6 Å². The van der Waals surface area contributed by atoms with Gasteiger partial charge in [0.2, 0.25) is 5.91 Å². The summed E-state index contributed by atoms with van der Waals surface area (Å²) in [5.74, 6) is 0.00353. The second-order valence-corrected chi connectivity index (χ2v) is 14.9. The van der Waals surface area contributed by atoms with Crippen molar-refractivity contribution in [3.63, 3.8) is 0 Å². The highest BCUT2D eigenvalue weighted by molar-refractivity contribution is 6.61. The Bertz CT molecular complexity index is 536. The zero-order valence-corrected chi connectivity index (χ0v) is 28.2. The summed E-state index contributed by atoms with van der Waals surface area (Å²) in [4.78, 5) is 14.9. The van der Waals surface area contributed by atoms with E-state index >= 15 is 0 Å². The minimum atomic E-state index is -2.76. The minimum absolute atomic E-state index is 0.00353. The van der Waals surface area contributed by atoms with E-state index in [1.54, 1.807) is 0 Å². The van der Waals surface area contributed by atoms with Gasteiger partial charge in [-0.2, -0.15) is 0 Å². The van der Waals surface area contributed by atoms with Crippen LogP contribution < -0.4 is 5.32 Å². The van der Waals surface area contributed by atoms with Crippen molar-refractivity contribution in [3.8, 4) is 0 Å². The van der Waals surface area contributed by atoms with Crippen LogP contribution in [0.25, 0.3) is 0 Å². The molecule has 13 heteroatoms. The average Bonchev–Trinajstić information content (AvgIpc) is 2.90. The number of carbonyl (C=O) groups excluding carboxylic acids is 1. The Hall–Kier alpha value is -0.456. The monoisotopic (exact) mass is 612 g/mol. The molecule has 0 saturated heterocycles. The lowest BCUT2D eigenvalue weighted by molar-refractivity contribution is -0.122. The summed E-state index contributed by atoms with van der Waals surface area (Å²) in [6.45, 7) is 16.6. The minimum Gasteiger partial charge on any atom is -0.395 e. The molecule has 0 heterocycles. The van der Waals surface area contributed by atoms with Gasteiger partial charge in [-0.3, -0.25) is 9.69 Å². The molecule has 240 valence electrons. The molecule has 3 N–H and O–H groups in total. The summed E-state index contributed by atoms with van der Waals surface area (Å²) < 4.78 is 36.1. The van der Waals surface area contributed by atoms with E-state index in [1.807, 2.05) is 46.4 Å². The van der Waals surface area contributed by atoms with Crippen LogP contribution in [0.5, 0.6) is 0 Å². The molecule has 0 bridgehead atoms. The van der Waals surface area contributed by atoms with Crippen LogP contribution in [0, 0.1) is 0 Å². The predicted octanol–water partition coefficient (Wildman–Crippen LogP) is 3.20. The van der Waals surface area contributed by atoms with Crippen molar-refractivity contribution in [2.45, 2.75) is 98.2 Å². The Morgan fingerprint density at radius 2 is 1.02 bits per heavy atom. The lowest BCUT2D eigenvalue weighted by atomic mass is 10.1. The van der Waals surface area contributed by atoms with Crippen LogP contribution in [-0.2, 0) is 31.4 Å². The molecule has 0 spiro atoms. The molecule has 11 nitrogen and oxygen atoms in total. The number of rotatable bonds is 29. The van der Waals surface area contributed by atoms with Crippen molar-refractivity contribution >= 4 is 23.5 Å². The zero-order chi connectivity index (χ0) is 30.1. The van der Waals surface area contributed by atoms with Gasteiger partial charge in [0.1, 0.15) is 0 Å². The molecular weight excluding hydrogens is 552 g/mol. The topological polar surface area (TPSA) is 128 Å². The highest BCUT2D eigenvalue weighted by Gasteiger charge is 2.41. The molecule has 0 aliphatic heterocycles. The number of aliphatic hydroxyl groups excluding tert-OH is 2. The van der Waals surface area contributed by atoms with Crippen molar-refractivity contribution in [3.05, 3.63) is 0 Å². The molecule has 0 aromatic heterocycles. The van der Waals surface area contributed by atoms with E-state index in [1.165, 1.54) is 0 Å². The van der Waals surface area contributed by atoms with Crippen LogP contribution in [0.15, 0.2) is 0 Å². The van der Waals surface area contributed by atoms with Gasteiger partial charge in [-0.05, 0) is 80.2 Å². The van der Waals surface area contributed by atoms with Gasteiger partial charge in [0.25, 0.3) is 0 Å². The Morgan fingerprint density at radius 3 is 1.35 bits per heavy atom. The third-order valence-corrected chi connectivity index (χ3v) is 12.6. The van der Waals surface area contributed by atoms with Crippen LogP contribution >= 0.6 is 0 Å². The normalized spacial score (nSPS) is 12.6. The largest absolute Gasteiger partial charge is 0.500 e. The van der Waals surface area contributed by atoms with Gasteiger partial charge in [0.15, 0.2) is 0 Å². The third-order valence-electron chi connectivity index (χ3n) is 6.33. The van der Waals surface area contributed by atoms with Crippen molar-refractivity contribution in [2.75, 3.05) is 72.5 Å². The molecule has 1 amide bonds. The van der Waals surface area contributed by atoms with Gasteiger partial charge in [-0.25, -0.2) is 0 Å². The SMILES string of the molecule is CCO[Si](CCCC(CCC[Si](OCC)(OCC)OCC)NC(=O)CCCN(CCO)CCO)(OCC)OCC. The number of hydrogen-bond acceptors (Lipinski definition) is 10. The quantitative estimate of drug-likeness (QED) is 0.108. The van der Waals surface area contributed by atoms with Gasteiger partial charge in [-0.15, -0.1) is 0 Å². The summed E-state index contributed by atoms with van der Waals surface area (Å²) in [5.41, 5.74) is 0. The third kappa shape index (κ3) is 17.5. The van der Waals surface area contributed by atoms with Gasteiger partial charge in [-0.1, -0.05) is 0 Å². The fourth-order valence-electron chi connectivity index (χ4n) is 4.80. The van der Waals surface area contributed by atoms with Crippen LogP contribution in [-0.4, -0.2) is 117 Å². The molecule has 0 unspecified atom stereocenters. The molecule has 0 aromatic rings. The molecule has 0 aliphatic rings. The number of amides is 1. The van der Waals surface area contributed by atoms with E-state index in [0.717, 1.165) is 25.7 Å². The van der Waals surface area contributed by atoms with E-state index in [2.05, 4.69) is 5.32 Å². The first-order valence-electron chi connectivity index (χ1n) is 15.4. The predicted molar refractivity (Wildman–Crippen MR) is 161 cm³/mol. The second-order valence-electron chi connectivity index (χ2n) is 9.41. The van der Waals surface area contributed by atoms with Crippen LogP contribution in [0.2, 0.25) is 12.1 Å². The number of nitrogens with one attached hydrogen (secondary N) is 1. The second kappa shape index (κ2) is 25.1. The van der Waals surface area contributed by atoms with Crippen LogP contribution in [0.1, 0.15) is 80.1 Å². The molecule has 0 fully saturated rings. The van der Waals surface area contributed by atoms with Crippen LogP contribution in [0.3, 0.4) is 0 Å². The van der Waals surface area contributed by atoms with Crippen molar-refractivity contribution in [1.29, 1.82) is 0 Å². The summed E-state index contributed by atoms with van der Waals surface area (Å²) in [6, 6.07) is 1.37. The van der Waals surface area contributed by atoms with Gasteiger partial charge < -0.3 is 42.1 Å². The van der Waals surface area contributed by atoms with Crippen molar-refractivity contribution in [2.24, 2.45) is 0 Å². The molecule has 0 rings (SSSR count). The van der Waals surface area contributed by atoms with E-state index in [0.29, 0.717) is 84.2 Å². The first-order valence-corrected chi connectivity index (χ1v) is 19.3. The number of nitrogens with zero attached hydrogens (tertiary/aromatic N) is 1. The molecule has 0 saturated carbocycles. The fraction of sp³-hybridized carbons (Fsp3) is 0.963. The maximum absolute atomic E-state index is 12.9. The summed E-state index contributed by atoms with van der Waals surface area (Å²) >= 11 is 0. The van der Waals surface area contributed by atoms with Gasteiger partial charge >= 0.3 is 17.6 Å². The Morgan fingerprint density at radius 1 is 0.650 bits per heavy atom.